The molecule has 0 saturated carbocycles. The van der Waals surface area contributed by atoms with Crippen molar-refractivity contribution in [2.24, 2.45) is 0 Å². The molecule has 0 aromatic carbocycles. The van der Waals surface area contributed by atoms with E-state index in [1.165, 1.54) is 6.07 Å². The molecule has 0 amide bonds. The average Bonchev–Trinajstić information content (AvgIpc) is 2.28. The fourth-order valence-electron chi connectivity index (χ4n) is 1.85. The van der Waals surface area contributed by atoms with Crippen molar-refractivity contribution in [3.63, 3.8) is 0 Å². The Hall–Kier alpha value is -1.10. The van der Waals surface area contributed by atoms with Crippen molar-refractivity contribution in [1.82, 2.24) is 4.98 Å². The molecule has 2 rings (SSSR count). The Morgan fingerprint density at radius 3 is 2.71 bits per heavy atom. The highest BCUT2D eigenvalue weighted by Crippen LogP contribution is 2.39. The molecule has 0 radical (unpaired) electrons. The first kappa shape index (κ1) is 12.4. The molecule has 0 N–H and O–H groups in total. The second kappa shape index (κ2) is 4.29. The molecular weight excluding hydrogens is 231 g/mol. The van der Waals surface area contributed by atoms with Gasteiger partial charge in [-0.1, -0.05) is 13.8 Å². The molecular formula is C12H14F3NO. The van der Waals surface area contributed by atoms with Gasteiger partial charge in [-0.3, -0.25) is 4.98 Å². The Bertz CT molecular complexity index is 422. The number of rotatable bonds is 2. The van der Waals surface area contributed by atoms with Gasteiger partial charge in [-0.15, -0.1) is 0 Å². The summed E-state index contributed by atoms with van der Waals surface area (Å²) in [7, 11) is 0. The minimum atomic E-state index is -3.11. The van der Waals surface area contributed by atoms with E-state index in [1.54, 1.807) is 6.20 Å². The lowest BCUT2D eigenvalue weighted by Gasteiger charge is -2.31. The van der Waals surface area contributed by atoms with Crippen molar-refractivity contribution in [2.75, 3.05) is 6.61 Å². The average molecular weight is 245 g/mol. The minimum absolute atomic E-state index is 0.0232. The molecule has 0 bridgehead atoms. The van der Waals surface area contributed by atoms with E-state index in [0.29, 0.717) is 0 Å². The van der Waals surface area contributed by atoms with Gasteiger partial charge >= 0.3 is 0 Å². The molecule has 5 heteroatoms. The largest absolute Gasteiger partial charge is 0.371 e. The van der Waals surface area contributed by atoms with Crippen molar-refractivity contribution in [2.45, 2.75) is 38.5 Å². The van der Waals surface area contributed by atoms with Crippen LogP contribution in [0.1, 0.15) is 36.6 Å². The van der Waals surface area contributed by atoms with Crippen LogP contribution in [0.25, 0.3) is 0 Å². The third kappa shape index (κ3) is 2.04. The molecule has 2 nitrogen and oxygen atoms in total. The van der Waals surface area contributed by atoms with Gasteiger partial charge < -0.3 is 4.74 Å². The van der Waals surface area contributed by atoms with Gasteiger partial charge in [0.25, 0.3) is 6.43 Å². The topological polar surface area (TPSA) is 22.1 Å². The molecule has 1 unspecified atom stereocenters. The van der Waals surface area contributed by atoms with Crippen molar-refractivity contribution < 1.29 is 17.9 Å². The zero-order valence-electron chi connectivity index (χ0n) is 9.71. The van der Waals surface area contributed by atoms with Crippen LogP contribution in [0, 0.1) is 0 Å². The van der Waals surface area contributed by atoms with Crippen LogP contribution in [0.2, 0.25) is 0 Å². The van der Waals surface area contributed by atoms with E-state index in [4.69, 9.17) is 4.74 Å². The quantitative estimate of drug-likeness (QED) is 0.798. The van der Waals surface area contributed by atoms with Crippen LogP contribution >= 0.6 is 0 Å². The molecule has 1 aliphatic rings. The van der Waals surface area contributed by atoms with Gasteiger partial charge in [-0.2, -0.15) is 0 Å². The molecule has 0 saturated heterocycles. The number of hydrogen-bond acceptors (Lipinski definition) is 2. The summed E-state index contributed by atoms with van der Waals surface area (Å²) in [5.41, 5.74) is -1.73. The maximum atomic E-state index is 14.2. The number of ether oxygens (including phenoxy) is 1. The molecule has 1 aromatic heterocycles. The van der Waals surface area contributed by atoms with Crippen LogP contribution in [0.3, 0.4) is 0 Å². The molecule has 2 heterocycles. The summed E-state index contributed by atoms with van der Waals surface area (Å²) in [5.74, 6) is 0.123. The summed E-state index contributed by atoms with van der Waals surface area (Å²) < 4.78 is 44.7. The zero-order chi connectivity index (χ0) is 12.6. The van der Waals surface area contributed by atoms with Gasteiger partial charge in [0.05, 0.1) is 18.9 Å². The standard InChI is InChI=1S/C12H14F3NO/c1-7(2)8-3-9-10(16-4-8)5-17-6-12(9,15)11(13)14/h3-4,7,11H,5-6H2,1-2H3. The number of nitrogens with zero attached hydrogens (tertiary/aromatic N) is 1. The number of aromatic nitrogens is 1. The van der Waals surface area contributed by atoms with E-state index >= 15 is 0 Å². The second-order valence-electron chi connectivity index (χ2n) is 4.57. The Kier molecular flexibility index (Phi) is 3.12. The first-order valence-corrected chi connectivity index (χ1v) is 5.49. The Morgan fingerprint density at radius 1 is 1.41 bits per heavy atom. The smallest absolute Gasteiger partial charge is 0.278 e. The van der Waals surface area contributed by atoms with E-state index in [2.05, 4.69) is 4.98 Å². The summed E-state index contributed by atoms with van der Waals surface area (Å²) in [6.45, 7) is 3.29. The molecule has 1 aliphatic heterocycles. The Labute approximate surface area is 97.8 Å². The minimum Gasteiger partial charge on any atom is -0.371 e. The Balaban J connectivity index is 2.52. The Morgan fingerprint density at radius 2 is 2.12 bits per heavy atom. The monoisotopic (exact) mass is 245 g/mol. The highest BCUT2D eigenvalue weighted by Gasteiger charge is 2.47. The van der Waals surface area contributed by atoms with E-state index in [1.807, 2.05) is 13.8 Å². The zero-order valence-corrected chi connectivity index (χ0v) is 9.71. The lowest BCUT2D eigenvalue weighted by molar-refractivity contribution is -0.108. The van der Waals surface area contributed by atoms with Crippen molar-refractivity contribution in [3.05, 3.63) is 29.1 Å². The van der Waals surface area contributed by atoms with E-state index in [0.717, 1.165) is 5.56 Å². The van der Waals surface area contributed by atoms with Crippen molar-refractivity contribution in [1.29, 1.82) is 0 Å². The van der Waals surface area contributed by atoms with Gasteiger partial charge in [0.1, 0.15) is 0 Å². The summed E-state index contributed by atoms with van der Waals surface area (Å²) >= 11 is 0. The molecule has 1 aromatic rings. The maximum Gasteiger partial charge on any atom is 0.278 e. The van der Waals surface area contributed by atoms with Gasteiger partial charge in [0, 0.05) is 11.8 Å². The van der Waals surface area contributed by atoms with Crippen LogP contribution in [0.4, 0.5) is 13.2 Å². The van der Waals surface area contributed by atoms with Crippen molar-refractivity contribution >= 4 is 0 Å². The first-order valence-electron chi connectivity index (χ1n) is 5.49. The third-order valence-electron chi connectivity index (χ3n) is 3.00. The fraction of sp³-hybridized carbons (Fsp3) is 0.583. The molecule has 94 valence electrons. The summed E-state index contributed by atoms with van der Waals surface area (Å²) in [4.78, 5) is 4.02. The van der Waals surface area contributed by atoms with Gasteiger partial charge in [0.2, 0.25) is 5.67 Å². The molecule has 0 spiro atoms. The fourth-order valence-corrected chi connectivity index (χ4v) is 1.85. The van der Waals surface area contributed by atoms with Crippen molar-refractivity contribution in [3.8, 4) is 0 Å². The molecule has 1 atom stereocenters. The number of hydrogen-bond donors (Lipinski definition) is 0. The highest BCUT2D eigenvalue weighted by molar-refractivity contribution is 5.34. The predicted molar refractivity (Wildman–Crippen MR) is 56.8 cm³/mol. The summed E-state index contributed by atoms with van der Waals surface area (Å²) in [5, 5.41) is 0. The lowest BCUT2D eigenvalue weighted by Crippen LogP contribution is -2.39. The molecule has 0 fully saturated rings. The molecule has 0 aliphatic carbocycles. The van der Waals surface area contributed by atoms with Gasteiger partial charge in [-0.25, -0.2) is 13.2 Å². The number of alkyl halides is 3. The third-order valence-corrected chi connectivity index (χ3v) is 3.00. The highest BCUT2D eigenvalue weighted by atomic mass is 19.3. The van der Waals surface area contributed by atoms with E-state index in [9.17, 15) is 13.2 Å². The first-order chi connectivity index (χ1) is 7.95. The number of halogens is 3. The van der Waals surface area contributed by atoms with E-state index < -0.39 is 18.7 Å². The van der Waals surface area contributed by atoms with Crippen LogP contribution in [0.15, 0.2) is 12.3 Å². The normalized spacial score (nSPS) is 24.2. The van der Waals surface area contributed by atoms with Crippen LogP contribution in [-0.4, -0.2) is 18.0 Å². The SMILES string of the molecule is CC(C)c1cnc2c(c1)C(F)(C(F)F)COC2. The van der Waals surface area contributed by atoms with Gasteiger partial charge in [0.15, 0.2) is 0 Å². The lowest BCUT2D eigenvalue weighted by atomic mass is 9.90. The summed E-state index contributed by atoms with van der Waals surface area (Å²) in [6.07, 6.45) is -1.52. The van der Waals surface area contributed by atoms with Crippen LogP contribution < -0.4 is 0 Å². The predicted octanol–water partition coefficient (Wildman–Crippen LogP) is 3.17. The maximum absolute atomic E-state index is 14.2. The number of fused-ring (bicyclic) bond motifs is 1. The summed E-state index contributed by atoms with van der Waals surface area (Å²) in [6, 6.07) is 1.49. The second-order valence-corrected chi connectivity index (χ2v) is 4.57. The molecule has 17 heavy (non-hydrogen) atoms. The van der Waals surface area contributed by atoms with Crippen LogP contribution in [-0.2, 0) is 17.0 Å². The van der Waals surface area contributed by atoms with Crippen LogP contribution in [0.5, 0.6) is 0 Å². The number of pyridine rings is 1. The van der Waals surface area contributed by atoms with Gasteiger partial charge in [-0.05, 0) is 17.5 Å². The van der Waals surface area contributed by atoms with E-state index in [-0.39, 0.29) is 23.8 Å².